The second-order valence-corrected chi connectivity index (χ2v) is 4.32. The Bertz CT molecular complexity index is 262. The molecule has 1 fully saturated rings. The fourth-order valence-electron chi connectivity index (χ4n) is 1.68. The lowest BCUT2D eigenvalue weighted by Crippen LogP contribution is -2.38. The van der Waals surface area contributed by atoms with Gasteiger partial charge in [0.15, 0.2) is 0 Å². The maximum Gasteiger partial charge on any atom is 0.235 e. The molecule has 2 amide bonds. The number of carbonyl (C=O) groups excluding carboxylic acids is 2. The number of hydrogen-bond donors (Lipinski definition) is 1. The average Bonchev–Trinajstić information content (AvgIpc) is 2.31. The average molecular weight is 199 g/mol. The molecule has 1 unspecified atom stereocenters. The highest BCUT2D eigenvalue weighted by molar-refractivity contribution is 6.05. The van der Waals surface area contributed by atoms with E-state index in [1.807, 2.05) is 20.8 Å². The van der Waals surface area contributed by atoms with E-state index in [0.29, 0.717) is 0 Å². The molecule has 1 saturated heterocycles. The zero-order valence-corrected chi connectivity index (χ0v) is 8.91. The van der Waals surface area contributed by atoms with Crippen LogP contribution in [0.2, 0.25) is 0 Å². The number of amides is 2. The molecule has 80 valence electrons. The van der Waals surface area contributed by atoms with Crippen molar-refractivity contribution in [2.45, 2.75) is 27.2 Å². The zero-order chi connectivity index (χ0) is 10.9. The third-order valence-electron chi connectivity index (χ3n) is 3.15. The van der Waals surface area contributed by atoms with E-state index in [4.69, 9.17) is 5.11 Å². The number of rotatable bonds is 3. The summed E-state index contributed by atoms with van der Waals surface area (Å²) in [4.78, 5) is 24.5. The van der Waals surface area contributed by atoms with E-state index in [1.165, 1.54) is 4.90 Å². The summed E-state index contributed by atoms with van der Waals surface area (Å²) in [7, 11) is 0. The van der Waals surface area contributed by atoms with Crippen LogP contribution in [0.3, 0.4) is 0 Å². The monoisotopic (exact) mass is 199 g/mol. The Balaban J connectivity index is 2.89. The number of imide groups is 1. The van der Waals surface area contributed by atoms with Gasteiger partial charge in [-0.05, 0) is 12.8 Å². The predicted molar refractivity (Wildman–Crippen MR) is 51.4 cm³/mol. The van der Waals surface area contributed by atoms with E-state index in [2.05, 4.69) is 0 Å². The highest BCUT2D eigenvalue weighted by Gasteiger charge is 2.49. The smallest absolute Gasteiger partial charge is 0.235 e. The van der Waals surface area contributed by atoms with Crippen LogP contribution in [0.1, 0.15) is 27.2 Å². The largest absolute Gasteiger partial charge is 0.395 e. The van der Waals surface area contributed by atoms with Crippen LogP contribution in [0.15, 0.2) is 0 Å². The molecule has 4 heteroatoms. The topological polar surface area (TPSA) is 57.6 Å². The van der Waals surface area contributed by atoms with Crippen molar-refractivity contribution in [3.05, 3.63) is 0 Å². The van der Waals surface area contributed by atoms with Gasteiger partial charge in [0, 0.05) is 6.42 Å². The van der Waals surface area contributed by atoms with Crippen LogP contribution in [0, 0.1) is 11.3 Å². The van der Waals surface area contributed by atoms with Crippen molar-refractivity contribution in [3.8, 4) is 0 Å². The first-order valence-electron chi connectivity index (χ1n) is 4.89. The number of likely N-dealkylation sites (tertiary alicyclic amines) is 1. The molecule has 1 rings (SSSR count). The zero-order valence-electron chi connectivity index (χ0n) is 8.91. The number of aliphatic hydroxyl groups excluding tert-OH is 1. The molecular weight excluding hydrogens is 182 g/mol. The summed E-state index contributed by atoms with van der Waals surface area (Å²) in [5.74, 6) is -0.172. The fourth-order valence-corrected chi connectivity index (χ4v) is 1.68. The molecule has 0 saturated carbocycles. The van der Waals surface area contributed by atoms with Gasteiger partial charge in [-0.2, -0.15) is 0 Å². The van der Waals surface area contributed by atoms with Crippen LogP contribution in [0.25, 0.3) is 0 Å². The maximum atomic E-state index is 11.9. The Morgan fingerprint density at radius 1 is 1.50 bits per heavy atom. The minimum atomic E-state index is -0.577. The highest BCUT2D eigenvalue weighted by atomic mass is 16.3. The van der Waals surface area contributed by atoms with E-state index in [9.17, 15) is 9.59 Å². The Morgan fingerprint density at radius 2 is 2.07 bits per heavy atom. The first kappa shape index (κ1) is 11.2. The second-order valence-electron chi connectivity index (χ2n) is 4.32. The molecule has 0 aromatic heterocycles. The van der Waals surface area contributed by atoms with Crippen LogP contribution in [0.5, 0.6) is 0 Å². The summed E-state index contributed by atoms with van der Waals surface area (Å²) >= 11 is 0. The number of carbonyl (C=O) groups is 2. The van der Waals surface area contributed by atoms with Crippen LogP contribution in [-0.2, 0) is 9.59 Å². The van der Waals surface area contributed by atoms with Gasteiger partial charge in [-0.25, -0.2) is 0 Å². The lowest BCUT2D eigenvalue weighted by molar-refractivity contribution is -0.142. The molecule has 4 nitrogen and oxygen atoms in total. The Hall–Kier alpha value is -0.900. The first-order valence-corrected chi connectivity index (χ1v) is 4.89. The van der Waals surface area contributed by atoms with Gasteiger partial charge in [0.25, 0.3) is 0 Å². The maximum absolute atomic E-state index is 11.9. The number of β-amino-alcohol motifs (C(OH)–C–C–N with tert-alkyl or cyclic N) is 1. The molecule has 1 heterocycles. The lowest BCUT2D eigenvalue weighted by Gasteiger charge is -2.25. The van der Waals surface area contributed by atoms with Crippen molar-refractivity contribution in [3.63, 3.8) is 0 Å². The van der Waals surface area contributed by atoms with Gasteiger partial charge in [0.1, 0.15) is 0 Å². The van der Waals surface area contributed by atoms with Gasteiger partial charge in [0.2, 0.25) is 11.8 Å². The van der Waals surface area contributed by atoms with E-state index in [1.54, 1.807) is 0 Å². The molecule has 1 aliphatic rings. The summed E-state index contributed by atoms with van der Waals surface area (Å²) in [6.07, 6.45) is 0.267. The Labute approximate surface area is 83.9 Å². The molecular formula is C10H17NO3. The van der Waals surface area contributed by atoms with Crippen LogP contribution in [0.4, 0.5) is 0 Å². The normalized spacial score (nSPS) is 27.9. The molecule has 14 heavy (non-hydrogen) atoms. The van der Waals surface area contributed by atoms with Crippen LogP contribution in [-0.4, -0.2) is 35.0 Å². The summed E-state index contributed by atoms with van der Waals surface area (Å²) in [5.41, 5.74) is -0.577. The van der Waals surface area contributed by atoms with Crippen molar-refractivity contribution >= 4 is 11.8 Å². The predicted octanol–water partition coefficient (Wildman–Crippen LogP) is 0.400. The molecule has 1 atom stereocenters. The number of nitrogens with zero attached hydrogens (tertiary/aromatic N) is 1. The van der Waals surface area contributed by atoms with Crippen molar-refractivity contribution in [2.75, 3.05) is 13.2 Å². The van der Waals surface area contributed by atoms with Crippen LogP contribution < -0.4 is 0 Å². The van der Waals surface area contributed by atoms with E-state index in [0.717, 1.165) is 0 Å². The second kappa shape index (κ2) is 3.69. The molecule has 1 aliphatic heterocycles. The van der Waals surface area contributed by atoms with Gasteiger partial charge in [-0.1, -0.05) is 13.8 Å². The minimum Gasteiger partial charge on any atom is -0.395 e. The molecule has 0 bridgehead atoms. The van der Waals surface area contributed by atoms with E-state index in [-0.39, 0.29) is 37.3 Å². The number of hydrogen-bond acceptors (Lipinski definition) is 3. The standard InChI is InChI=1S/C10H17NO3/c1-7(2)10(3)6-8(13)11(4-5-12)9(10)14/h7,12H,4-6H2,1-3H3. The highest BCUT2D eigenvalue weighted by Crippen LogP contribution is 2.38. The molecule has 0 aromatic carbocycles. The molecule has 0 radical (unpaired) electrons. The molecule has 0 aliphatic carbocycles. The molecule has 0 spiro atoms. The van der Waals surface area contributed by atoms with Gasteiger partial charge >= 0.3 is 0 Å². The number of aliphatic hydroxyl groups is 1. The van der Waals surface area contributed by atoms with Crippen LogP contribution >= 0.6 is 0 Å². The third kappa shape index (κ3) is 1.54. The van der Waals surface area contributed by atoms with E-state index >= 15 is 0 Å². The SMILES string of the molecule is CC(C)C1(C)CC(=O)N(CCO)C1=O. The van der Waals surface area contributed by atoms with Crippen molar-refractivity contribution < 1.29 is 14.7 Å². The van der Waals surface area contributed by atoms with Gasteiger partial charge in [0.05, 0.1) is 18.6 Å². The van der Waals surface area contributed by atoms with Gasteiger partial charge in [-0.15, -0.1) is 0 Å². The first-order chi connectivity index (χ1) is 6.43. The van der Waals surface area contributed by atoms with Crippen molar-refractivity contribution in [1.29, 1.82) is 0 Å². The van der Waals surface area contributed by atoms with Gasteiger partial charge in [-0.3, -0.25) is 14.5 Å². The summed E-state index contributed by atoms with van der Waals surface area (Å²) in [5, 5.41) is 8.72. The summed E-state index contributed by atoms with van der Waals surface area (Å²) in [6.45, 7) is 5.65. The van der Waals surface area contributed by atoms with Crippen molar-refractivity contribution in [1.82, 2.24) is 4.90 Å². The van der Waals surface area contributed by atoms with Crippen molar-refractivity contribution in [2.24, 2.45) is 11.3 Å². The molecule has 0 aromatic rings. The Morgan fingerprint density at radius 3 is 2.43 bits per heavy atom. The summed E-state index contributed by atoms with van der Waals surface area (Å²) in [6, 6.07) is 0. The summed E-state index contributed by atoms with van der Waals surface area (Å²) < 4.78 is 0. The minimum absolute atomic E-state index is 0.125. The van der Waals surface area contributed by atoms with E-state index < -0.39 is 5.41 Å². The molecule has 1 N–H and O–H groups in total. The Kier molecular flexibility index (Phi) is 2.95. The lowest BCUT2D eigenvalue weighted by atomic mass is 9.78. The van der Waals surface area contributed by atoms with Gasteiger partial charge < -0.3 is 5.11 Å². The fraction of sp³-hybridized carbons (Fsp3) is 0.800. The quantitative estimate of drug-likeness (QED) is 0.669. The third-order valence-corrected chi connectivity index (χ3v) is 3.15.